The number of thiophene rings is 1. The number of nitrogens with one attached hydrogen (secondary N) is 3. The van der Waals surface area contributed by atoms with Crippen LogP contribution in [-0.4, -0.2) is 38.0 Å². The molecule has 2 rings (SSSR count). The van der Waals surface area contributed by atoms with E-state index in [0.29, 0.717) is 6.54 Å². The van der Waals surface area contributed by atoms with Gasteiger partial charge in [0.15, 0.2) is 5.96 Å². The molecule has 1 heterocycles. The minimum Gasteiger partial charge on any atom is -0.357 e. The number of rotatable bonds is 7. The highest BCUT2D eigenvalue weighted by Crippen LogP contribution is 2.41. The molecule has 0 aliphatic heterocycles. The molecule has 0 bridgehead atoms. The smallest absolute Gasteiger partial charge is 0.241 e. The van der Waals surface area contributed by atoms with Crippen LogP contribution in [0.25, 0.3) is 0 Å². The molecule has 1 fully saturated rings. The largest absolute Gasteiger partial charge is 0.357 e. The highest BCUT2D eigenvalue weighted by molar-refractivity contribution is 14.0. The van der Waals surface area contributed by atoms with E-state index in [1.807, 2.05) is 25.2 Å². The zero-order chi connectivity index (χ0) is 17.3. The summed E-state index contributed by atoms with van der Waals surface area (Å²) in [5.74, 6) is 0.686. The minimum atomic E-state index is -0.0414. The molecule has 7 heteroatoms. The molecule has 5 nitrogen and oxygen atoms in total. The molecule has 1 aromatic rings. The molecule has 3 N–H and O–H groups in total. The van der Waals surface area contributed by atoms with Crippen molar-refractivity contribution in [3.63, 3.8) is 0 Å². The summed E-state index contributed by atoms with van der Waals surface area (Å²) in [6.07, 6.45) is 6.34. The standard InChI is InChI=1S/C18H30N4OS.HI/c1-3-19-16(23)13-21-17(20-4-2)22-14-18(10-6-5-7-11-18)15-9-8-12-24-15;/h8-9,12H,3-7,10-11,13-14H2,1-2H3,(H,19,23)(H2,20,21,22);1H. The first-order valence-electron chi connectivity index (χ1n) is 9.03. The number of guanidine groups is 1. The third-order valence-electron chi connectivity index (χ3n) is 4.55. The van der Waals surface area contributed by atoms with Crippen LogP contribution in [-0.2, 0) is 10.2 Å². The molecule has 25 heavy (non-hydrogen) atoms. The number of hydrogen-bond donors (Lipinski definition) is 3. The Labute approximate surface area is 172 Å². The van der Waals surface area contributed by atoms with Gasteiger partial charge in [-0.2, -0.15) is 0 Å². The van der Waals surface area contributed by atoms with Crippen molar-refractivity contribution < 1.29 is 4.79 Å². The van der Waals surface area contributed by atoms with Crippen molar-refractivity contribution in [2.45, 2.75) is 51.4 Å². The first kappa shape index (κ1) is 22.2. The van der Waals surface area contributed by atoms with Gasteiger partial charge in [-0.25, -0.2) is 4.99 Å². The van der Waals surface area contributed by atoms with E-state index in [4.69, 9.17) is 0 Å². The third-order valence-corrected chi connectivity index (χ3v) is 5.66. The maximum absolute atomic E-state index is 11.6. The lowest BCUT2D eigenvalue weighted by atomic mass is 9.73. The molecule has 0 unspecified atom stereocenters. The average molecular weight is 478 g/mol. The molecule has 0 saturated heterocycles. The van der Waals surface area contributed by atoms with Crippen LogP contribution in [0.1, 0.15) is 50.8 Å². The lowest BCUT2D eigenvalue weighted by Crippen LogP contribution is -2.46. The monoisotopic (exact) mass is 478 g/mol. The first-order chi connectivity index (χ1) is 11.7. The number of hydrogen-bond acceptors (Lipinski definition) is 3. The quantitative estimate of drug-likeness (QED) is 0.320. The van der Waals surface area contributed by atoms with Gasteiger partial charge in [-0.15, -0.1) is 35.3 Å². The number of carbonyl (C=O) groups is 1. The van der Waals surface area contributed by atoms with E-state index >= 15 is 0 Å². The fourth-order valence-electron chi connectivity index (χ4n) is 3.32. The van der Waals surface area contributed by atoms with E-state index in [0.717, 1.165) is 19.0 Å². The van der Waals surface area contributed by atoms with E-state index in [9.17, 15) is 4.79 Å². The summed E-state index contributed by atoms with van der Waals surface area (Å²) >= 11 is 1.85. The van der Waals surface area contributed by atoms with Gasteiger partial charge in [-0.05, 0) is 38.1 Å². The Morgan fingerprint density at radius 1 is 1.16 bits per heavy atom. The highest BCUT2D eigenvalue weighted by atomic mass is 127. The average Bonchev–Trinajstić information content (AvgIpc) is 3.14. The predicted molar refractivity (Wildman–Crippen MR) is 117 cm³/mol. The predicted octanol–water partition coefficient (Wildman–Crippen LogP) is 3.26. The van der Waals surface area contributed by atoms with Crippen molar-refractivity contribution >= 4 is 47.2 Å². The van der Waals surface area contributed by atoms with Gasteiger partial charge in [-0.3, -0.25) is 4.79 Å². The number of halogens is 1. The Balaban J connectivity index is 0.00000312. The SMILES string of the molecule is CCNC(=O)CN=C(NCC)NCC1(c2cccs2)CCCCC1.I. The molecule has 1 aliphatic carbocycles. The Kier molecular flexibility index (Phi) is 10.4. The summed E-state index contributed by atoms with van der Waals surface area (Å²) < 4.78 is 0. The molecule has 1 aliphatic rings. The Hall–Kier alpha value is -0.830. The van der Waals surface area contributed by atoms with Crippen LogP contribution in [0.2, 0.25) is 0 Å². The van der Waals surface area contributed by atoms with Crippen LogP contribution in [0.3, 0.4) is 0 Å². The minimum absolute atomic E-state index is 0. The molecular weight excluding hydrogens is 447 g/mol. The lowest BCUT2D eigenvalue weighted by molar-refractivity contribution is -0.119. The first-order valence-corrected chi connectivity index (χ1v) is 9.91. The van der Waals surface area contributed by atoms with Gasteiger partial charge in [-0.1, -0.05) is 25.3 Å². The van der Waals surface area contributed by atoms with Gasteiger partial charge < -0.3 is 16.0 Å². The van der Waals surface area contributed by atoms with E-state index in [-0.39, 0.29) is 41.8 Å². The highest BCUT2D eigenvalue weighted by Gasteiger charge is 2.34. The molecule has 1 aromatic heterocycles. The van der Waals surface area contributed by atoms with Crippen molar-refractivity contribution in [1.29, 1.82) is 0 Å². The molecule has 0 atom stereocenters. The zero-order valence-electron chi connectivity index (χ0n) is 15.3. The number of nitrogens with zero attached hydrogens (tertiary/aromatic N) is 1. The van der Waals surface area contributed by atoms with Crippen molar-refractivity contribution in [2.75, 3.05) is 26.2 Å². The van der Waals surface area contributed by atoms with Gasteiger partial charge in [0.1, 0.15) is 6.54 Å². The van der Waals surface area contributed by atoms with Gasteiger partial charge in [0, 0.05) is 29.9 Å². The lowest BCUT2D eigenvalue weighted by Gasteiger charge is -2.37. The fourth-order valence-corrected chi connectivity index (χ4v) is 4.30. The third kappa shape index (κ3) is 6.77. The summed E-state index contributed by atoms with van der Waals surface area (Å²) in [7, 11) is 0. The second-order valence-corrected chi connectivity index (χ2v) is 7.27. The van der Waals surface area contributed by atoms with E-state index in [2.05, 4.69) is 38.5 Å². The van der Waals surface area contributed by atoms with Gasteiger partial charge in [0.2, 0.25) is 5.91 Å². The normalized spacial score (nSPS) is 16.6. The van der Waals surface area contributed by atoms with Crippen LogP contribution in [0.5, 0.6) is 0 Å². The molecule has 1 amide bonds. The van der Waals surface area contributed by atoms with Crippen molar-refractivity contribution in [3.05, 3.63) is 22.4 Å². The van der Waals surface area contributed by atoms with E-state index in [1.165, 1.54) is 37.0 Å². The number of amides is 1. The fraction of sp³-hybridized carbons (Fsp3) is 0.667. The molecule has 0 radical (unpaired) electrons. The number of carbonyl (C=O) groups excluding carboxylic acids is 1. The zero-order valence-corrected chi connectivity index (χ0v) is 18.4. The van der Waals surface area contributed by atoms with Crippen LogP contribution >= 0.6 is 35.3 Å². The van der Waals surface area contributed by atoms with Gasteiger partial charge in [0.05, 0.1) is 0 Å². The van der Waals surface area contributed by atoms with Crippen molar-refractivity contribution in [3.8, 4) is 0 Å². The summed E-state index contributed by atoms with van der Waals surface area (Å²) in [6, 6.07) is 4.40. The maximum Gasteiger partial charge on any atom is 0.241 e. The summed E-state index contributed by atoms with van der Waals surface area (Å²) in [5.41, 5.74) is 0.203. The summed E-state index contributed by atoms with van der Waals surface area (Å²) in [6.45, 7) is 6.41. The van der Waals surface area contributed by atoms with Gasteiger partial charge >= 0.3 is 0 Å². The summed E-state index contributed by atoms with van der Waals surface area (Å²) in [4.78, 5) is 17.5. The van der Waals surface area contributed by atoms with E-state index < -0.39 is 0 Å². The van der Waals surface area contributed by atoms with Gasteiger partial charge in [0.25, 0.3) is 0 Å². The molecular formula is C18H31IN4OS. The Morgan fingerprint density at radius 2 is 1.88 bits per heavy atom. The molecule has 0 spiro atoms. The Bertz CT molecular complexity index is 527. The van der Waals surface area contributed by atoms with Crippen LogP contribution in [0, 0.1) is 0 Å². The second kappa shape index (κ2) is 11.7. The maximum atomic E-state index is 11.6. The summed E-state index contributed by atoms with van der Waals surface area (Å²) in [5, 5.41) is 11.7. The molecule has 0 aromatic carbocycles. The topological polar surface area (TPSA) is 65.5 Å². The van der Waals surface area contributed by atoms with Crippen molar-refractivity contribution in [1.82, 2.24) is 16.0 Å². The number of likely N-dealkylation sites (N-methyl/N-ethyl adjacent to an activating group) is 1. The Morgan fingerprint density at radius 3 is 2.48 bits per heavy atom. The molecule has 142 valence electrons. The number of aliphatic imine (C=N–C) groups is 1. The second-order valence-electron chi connectivity index (χ2n) is 6.32. The van der Waals surface area contributed by atoms with Crippen LogP contribution in [0.4, 0.5) is 0 Å². The van der Waals surface area contributed by atoms with E-state index in [1.54, 1.807) is 0 Å². The molecule has 1 saturated carbocycles. The van der Waals surface area contributed by atoms with Crippen LogP contribution < -0.4 is 16.0 Å². The van der Waals surface area contributed by atoms with Crippen molar-refractivity contribution in [2.24, 2.45) is 4.99 Å². The van der Waals surface area contributed by atoms with Crippen LogP contribution in [0.15, 0.2) is 22.5 Å².